The van der Waals surface area contributed by atoms with Crippen molar-refractivity contribution in [3.05, 3.63) is 55.4 Å². The molecule has 0 N–H and O–H groups in total. The highest BCUT2D eigenvalue weighted by Crippen LogP contribution is 2.33. The molecular weight excluding hydrogens is 433 g/mol. The molecule has 3 aromatic rings. The van der Waals surface area contributed by atoms with Crippen LogP contribution in [0.2, 0.25) is 5.02 Å². The molecule has 1 fully saturated rings. The summed E-state index contributed by atoms with van der Waals surface area (Å²) in [6, 6.07) is 4.73. The third-order valence-electron chi connectivity index (χ3n) is 6.87. The van der Waals surface area contributed by atoms with E-state index in [1.165, 1.54) is 36.0 Å². The average molecular weight is 460 g/mol. The Balaban J connectivity index is 1.69. The molecule has 1 atom stereocenters. The fraction of sp³-hybridized carbons (Fsp3) is 0.522. The predicted octanol–water partition coefficient (Wildman–Crippen LogP) is 3.53. The van der Waals surface area contributed by atoms with Crippen LogP contribution < -0.4 is 16.1 Å². The van der Waals surface area contributed by atoms with Crippen LogP contribution >= 0.6 is 11.6 Å². The molecule has 1 aromatic carbocycles. The topological polar surface area (TPSA) is 65.1 Å². The van der Waals surface area contributed by atoms with Gasteiger partial charge in [0.15, 0.2) is 11.2 Å². The largest absolute Gasteiger partial charge is 0.339 e. The zero-order chi connectivity index (χ0) is 22.6. The summed E-state index contributed by atoms with van der Waals surface area (Å²) in [6.07, 6.45) is 5.89. The van der Waals surface area contributed by atoms with Crippen molar-refractivity contribution in [1.82, 2.24) is 18.7 Å². The second-order valence-corrected chi connectivity index (χ2v) is 9.58. The summed E-state index contributed by atoms with van der Waals surface area (Å²) in [6.45, 7) is 3.49. The molecule has 1 aliphatic heterocycles. The lowest BCUT2D eigenvalue weighted by molar-refractivity contribution is 0.354. The number of imidazole rings is 1. The lowest BCUT2D eigenvalue weighted by Crippen LogP contribution is -2.45. The highest BCUT2D eigenvalue weighted by molar-refractivity contribution is 6.31. The molecule has 1 aliphatic carbocycles. The Bertz CT molecular complexity index is 1280. The van der Waals surface area contributed by atoms with Gasteiger partial charge in [-0.2, -0.15) is 4.98 Å². The van der Waals surface area contributed by atoms with Crippen LogP contribution in [0.15, 0.2) is 27.8 Å². The molecule has 2 aliphatic rings. The van der Waals surface area contributed by atoms with E-state index in [1.54, 1.807) is 13.1 Å². The maximum atomic E-state index is 14.4. The van der Waals surface area contributed by atoms with Crippen LogP contribution in [0.1, 0.15) is 44.6 Å². The Hall–Kier alpha value is -2.61. The van der Waals surface area contributed by atoms with E-state index in [-0.39, 0.29) is 17.1 Å². The van der Waals surface area contributed by atoms with Gasteiger partial charge in [0.2, 0.25) is 5.95 Å². The zero-order valence-corrected chi connectivity index (χ0v) is 19.1. The molecule has 7 nitrogen and oxygen atoms in total. The second-order valence-electron chi connectivity index (χ2n) is 9.18. The standard InChI is InChI=1S/C23H27ClFN5O2/c1-14-11-28(15-7-4-3-5-8-15)22-26-20-19(29(22)12-14)21(31)30(23(32)27(20)2)13-16-17(24)9-6-10-18(16)25/h6,9-10,14-15H,3-5,7-8,11-13H2,1-2H3/t14-/m1/s1. The third kappa shape index (κ3) is 3.36. The van der Waals surface area contributed by atoms with Gasteiger partial charge in [0, 0.05) is 36.8 Å². The minimum absolute atomic E-state index is 0.128. The van der Waals surface area contributed by atoms with Gasteiger partial charge in [-0.05, 0) is 30.9 Å². The molecular formula is C23H27ClFN5O2. The molecule has 0 unspecified atom stereocenters. The molecule has 32 heavy (non-hydrogen) atoms. The van der Waals surface area contributed by atoms with E-state index >= 15 is 0 Å². The van der Waals surface area contributed by atoms with Crippen molar-refractivity contribution in [2.45, 2.75) is 58.2 Å². The van der Waals surface area contributed by atoms with Crippen molar-refractivity contribution in [2.75, 3.05) is 11.4 Å². The summed E-state index contributed by atoms with van der Waals surface area (Å²) in [5.41, 5.74) is -0.0978. The van der Waals surface area contributed by atoms with Crippen molar-refractivity contribution in [3.63, 3.8) is 0 Å². The maximum Gasteiger partial charge on any atom is 0.332 e. The van der Waals surface area contributed by atoms with Gasteiger partial charge in [0.1, 0.15) is 5.82 Å². The molecule has 0 saturated heterocycles. The monoisotopic (exact) mass is 459 g/mol. The van der Waals surface area contributed by atoms with E-state index in [9.17, 15) is 14.0 Å². The van der Waals surface area contributed by atoms with Gasteiger partial charge in [0.05, 0.1) is 6.54 Å². The van der Waals surface area contributed by atoms with Crippen molar-refractivity contribution in [1.29, 1.82) is 0 Å². The molecule has 9 heteroatoms. The first-order valence-corrected chi connectivity index (χ1v) is 11.6. The van der Waals surface area contributed by atoms with E-state index in [0.717, 1.165) is 29.9 Å². The molecule has 5 rings (SSSR count). The Kier molecular flexibility index (Phi) is 5.35. The van der Waals surface area contributed by atoms with Gasteiger partial charge in [0.25, 0.3) is 5.56 Å². The fourth-order valence-electron chi connectivity index (χ4n) is 5.23. The summed E-state index contributed by atoms with van der Waals surface area (Å²) in [4.78, 5) is 33.8. The van der Waals surface area contributed by atoms with Gasteiger partial charge < -0.3 is 9.47 Å². The van der Waals surface area contributed by atoms with E-state index in [1.807, 2.05) is 4.57 Å². The zero-order valence-electron chi connectivity index (χ0n) is 18.4. The minimum atomic E-state index is -0.543. The van der Waals surface area contributed by atoms with Gasteiger partial charge in [-0.3, -0.25) is 13.9 Å². The van der Waals surface area contributed by atoms with Crippen molar-refractivity contribution in [2.24, 2.45) is 13.0 Å². The Morgan fingerprint density at radius 2 is 1.91 bits per heavy atom. The fourth-order valence-corrected chi connectivity index (χ4v) is 5.45. The highest BCUT2D eigenvalue weighted by Gasteiger charge is 2.33. The van der Waals surface area contributed by atoms with Crippen LogP contribution in [0.4, 0.5) is 10.3 Å². The van der Waals surface area contributed by atoms with E-state index in [4.69, 9.17) is 16.6 Å². The van der Waals surface area contributed by atoms with Gasteiger partial charge in [-0.15, -0.1) is 0 Å². The summed E-state index contributed by atoms with van der Waals surface area (Å²) in [7, 11) is 1.61. The summed E-state index contributed by atoms with van der Waals surface area (Å²) in [5, 5.41) is 0.187. The molecule has 170 valence electrons. The number of hydrogen-bond donors (Lipinski definition) is 0. The number of benzene rings is 1. The normalized spacial score (nSPS) is 19.5. The highest BCUT2D eigenvalue weighted by atomic mass is 35.5. The molecule has 2 aromatic heterocycles. The second kappa shape index (κ2) is 8.06. The van der Waals surface area contributed by atoms with E-state index in [2.05, 4.69) is 11.8 Å². The molecule has 0 amide bonds. The number of aryl methyl sites for hydroxylation is 1. The molecule has 3 heterocycles. The lowest BCUT2D eigenvalue weighted by atomic mass is 9.93. The smallest absolute Gasteiger partial charge is 0.332 e. The van der Waals surface area contributed by atoms with Crippen LogP contribution in [0.5, 0.6) is 0 Å². The quantitative estimate of drug-likeness (QED) is 0.601. The molecule has 0 bridgehead atoms. The van der Waals surface area contributed by atoms with Gasteiger partial charge in [-0.25, -0.2) is 9.18 Å². The lowest BCUT2D eigenvalue weighted by Gasteiger charge is -2.40. The molecule has 0 radical (unpaired) electrons. The van der Waals surface area contributed by atoms with Crippen LogP contribution in [-0.4, -0.2) is 31.3 Å². The van der Waals surface area contributed by atoms with Crippen LogP contribution in [-0.2, 0) is 20.1 Å². The number of aromatic nitrogens is 4. The van der Waals surface area contributed by atoms with Crippen molar-refractivity contribution >= 4 is 28.7 Å². The third-order valence-corrected chi connectivity index (χ3v) is 7.22. The van der Waals surface area contributed by atoms with Crippen molar-refractivity contribution < 1.29 is 4.39 Å². The summed E-state index contributed by atoms with van der Waals surface area (Å²) < 4.78 is 18.8. The Morgan fingerprint density at radius 3 is 2.62 bits per heavy atom. The minimum Gasteiger partial charge on any atom is -0.339 e. The molecule has 0 spiro atoms. The number of fused-ring (bicyclic) bond motifs is 3. The van der Waals surface area contributed by atoms with Crippen LogP contribution in [0.3, 0.4) is 0 Å². The van der Waals surface area contributed by atoms with E-state index in [0.29, 0.717) is 29.7 Å². The first-order chi connectivity index (χ1) is 15.4. The first kappa shape index (κ1) is 21.2. The van der Waals surface area contributed by atoms with Gasteiger partial charge >= 0.3 is 5.69 Å². The van der Waals surface area contributed by atoms with Crippen LogP contribution in [0, 0.1) is 11.7 Å². The van der Waals surface area contributed by atoms with Crippen LogP contribution in [0.25, 0.3) is 11.2 Å². The number of hydrogen-bond acceptors (Lipinski definition) is 4. The van der Waals surface area contributed by atoms with Crippen molar-refractivity contribution in [3.8, 4) is 0 Å². The average Bonchev–Trinajstić information content (AvgIpc) is 3.16. The Labute approximate surface area is 190 Å². The van der Waals surface area contributed by atoms with E-state index < -0.39 is 17.1 Å². The Morgan fingerprint density at radius 1 is 1.16 bits per heavy atom. The predicted molar refractivity (Wildman–Crippen MR) is 123 cm³/mol. The SMILES string of the molecule is C[C@@H]1CN(C2CCCCC2)c2nc3c(c(=O)n(Cc4c(F)cccc4Cl)c(=O)n3C)n2C1. The molecule has 1 saturated carbocycles. The summed E-state index contributed by atoms with van der Waals surface area (Å²) >= 11 is 6.17. The number of rotatable bonds is 3. The number of anilines is 1. The first-order valence-electron chi connectivity index (χ1n) is 11.3. The summed E-state index contributed by atoms with van der Waals surface area (Å²) in [5.74, 6) is 0.561. The van der Waals surface area contributed by atoms with Gasteiger partial charge in [-0.1, -0.05) is 43.9 Å². The maximum absolute atomic E-state index is 14.4. The number of halogens is 2. The number of nitrogens with zero attached hydrogens (tertiary/aromatic N) is 5.